The van der Waals surface area contributed by atoms with Crippen LogP contribution in [0, 0.1) is 5.92 Å². The van der Waals surface area contributed by atoms with E-state index < -0.39 is 49.9 Å². The second-order valence-electron chi connectivity index (χ2n) is 12.5. The third-order valence-electron chi connectivity index (χ3n) is 7.16. The predicted octanol–water partition coefficient (Wildman–Crippen LogP) is 4.37. The molecule has 0 bridgehead atoms. The van der Waals surface area contributed by atoms with E-state index in [0.717, 1.165) is 10.4 Å². The molecule has 2 aromatic carbocycles. The summed E-state index contributed by atoms with van der Waals surface area (Å²) >= 11 is 0. The highest BCUT2D eigenvalue weighted by Crippen LogP contribution is 2.37. The number of carbonyl (C=O) groups is 3. The molecule has 2 aromatic rings. The lowest BCUT2D eigenvalue weighted by molar-refractivity contribution is -0.153. The molecule has 0 saturated heterocycles. The van der Waals surface area contributed by atoms with Crippen molar-refractivity contribution >= 4 is 36.7 Å². The fourth-order valence-electron chi connectivity index (χ4n) is 4.99. The number of nitrogens with zero attached hydrogens (tertiary/aromatic N) is 2. The maximum Gasteiger partial charge on any atom is 0.410 e. The zero-order valence-electron chi connectivity index (χ0n) is 25.6. The zero-order valence-corrected chi connectivity index (χ0v) is 26.6. The highest BCUT2D eigenvalue weighted by molar-refractivity contribution is 6.99. The van der Waals surface area contributed by atoms with Gasteiger partial charge in [0, 0.05) is 26.6 Å². The number of rotatable bonds is 10. The lowest BCUT2D eigenvalue weighted by atomic mass is 10.0. The first-order valence-electron chi connectivity index (χ1n) is 13.6. The Kier molecular flexibility index (Phi) is 10.7. The normalized spacial score (nSPS) is 14.6. The predicted molar refractivity (Wildman–Crippen MR) is 160 cm³/mol. The number of ether oxygens (including phenoxy) is 1. The van der Waals surface area contributed by atoms with E-state index in [0.29, 0.717) is 0 Å². The van der Waals surface area contributed by atoms with Crippen LogP contribution in [0.15, 0.2) is 60.7 Å². The summed E-state index contributed by atoms with van der Waals surface area (Å²) in [5, 5.41) is 12.1. The number of hydrogen-bond acceptors (Lipinski definition) is 5. The van der Waals surface area contributed by atoms with Crippen LogP contribution in [-0.4, -0.2) is 79.6 Å². The highest BCUT2D eigenvalue weighted by Gasteiger charge is 2.51. The van der Waals surface area contributed by atoms with Crippen LogP contribution in [0.2, 0.25) is 5.04 Å². The molecule has 8 nitrogen and oxygen atoms in total. The minimum Gasteiger partial charge on any atom is -0.480 e. The van der Waals surface area contributed by atoms with Gasteiger partial charge < -0.3 is 19.2 Å². The molecule has 2 amide bonds. The van der Waals surface area contributed by atoms with E-state index in [1.807, 2.05) is 36.4 Å². The number of aliphatic carboxylic acids is 1. The number of likely N-dealkylation sites (N-methyl/N-ethyl adjacent to an activating group) is 2. The van der Waals surface area contributed by atoms with Gasteiger partial charge in [0.05, 0.1) is 0 Å². The number of carbonyl (C=O) groups excluding carboxylic acids is 2. The number of amides is 2. The van der Waals surface area contributed by atoms with E-state index in [9.17, 15) is 19.5 Å². The van der Waals surface area contributed by atoms with Gasteiger partial charge in [0.15, 0.2) is 0 Å². The molecule has 0 fully saturated rings. The fourth-order valence-corrected chi connectivity index (χ4v) is 9.66. The smallest absolute Gasteiger partial charge is 0.410 e. The third-order valence-corrected chi connectivity index (χ3v) is 12.2. The molecule has 1 unspecified atom stereocenters. The van der Waals surface area contributed by atoms with E-state index in [1.165, 1.54) is 23.9 Å². The first kappa shape index (κ1) is 33.0. The molecule has 0 spiro atoms. The monoisotopic (exact) mass is 570 g/mol. The third kappa shape index (κ3) is 7.51. The quantitative estimate of drug-likeness (QED) is 0.427. The van der Waals surface area contributed by atoms with Crippen LogP contribution in [0.25, 0.3) is 0 Å². The Balaban J connectivity index is 2.38. The Morgan fingerprint density at radius 2 is 1.27 bits per heavy atom. The molecule has 40 heavy (non-hydrogen) atoms. The van der Waals surface area contributed by atoms with E-state index in [4.69, 9.17) is 9.16 Å². The second kappa shape index (κ2) is 13.0. The molecular formula is C31H46N2O6Si. The Bertz CT molecular complexity index is 1100. The van der Waals surface area contributed by atoms with Crippen LogP contribution in [0.3, 0.4) is 0 Å². The molecule has 2 rings (SSSR count). The van der Waals surface area contributed by atoms with Crippen molar-refractivity contribution in [1.82, 2.24) is 9.80 Å². The van der Waals surface area contributed by atoms with Crippen LogP contribution < -0.4 is 10.4 Å². The van der Waals surface area contributed by atoms with Crippen LogP contribution in [0.4, 0.5) is 4.79 Å². The zero-order chi connectivity index (χ0) is 30.5. The summed E-state index contributed by atoms with van der Waals surface area (Å²) in [6.07, 6.45) is -0.656. The van der Waals surface area contributed by atoms with Crippen molar-refractivity contribution in [2.45, 2.75) is 78.1 Å². The summed E-state index contributed by atoms with van der Waals surface area (Å²) in [4.78, 5) is 40.8. The summed E-state index contributed by atoms with van der Waals surface area (Å²) in [6.45, 7) is 15.2. The van der Waals surface area contributed by atoms with Crippen molar-refractivity contribution < 1.29 is 28.7 Å². The molecular weight excluding hydrogens is 524 g/mol. The van der Waals surface area contributed by atoms with Crippen LogP contribution in [-0.2, 0) is 18.8 Å². The lowest BCUT2D eigenvalue weighted by Crippen LogP contribution is -2.67. The second-order valence-corrected chi connectivity index (χ2v) is 16.8. The number of carboxylic acid groups (broad SMARTS) is 1. The van der Waals surface area contributed by atoms with E-state index in [1.54, 1.807) is 34.6 Å². The molecule has 0 radical (unpaired) electrons. The van der Waals surface area contributed by atoms with Gasteiger partial charge in [0.1, 0.15) is 17.7 Å². The SMILES string of the molecule is CC(C(=O)N(C)[C@H](C(=O)O)[C@H](C)CO[Si](c1ccccc1)(c1ccccc1)C(C)(C)C)N(C)C(=O)OC(C)(C)C. The highest BCUT2D eigenvalue weighted by atomic mass is 28.4. The van der Waals surface area contributed by atoms with Gasteiger partial charge in [-0.3, -0.25) is 9.69 Å². The first-order valence-corrected chi connectivity index (χ1v) is 15.5. The maximum atomic E-state index is 13.4. The van der Waals surface area contributed by atoms with Crippen molar-refractivity contribution in [3.8, 4) is 0 Å². The van der Waals surface area contributed by atoms with E-state index >= 15 is 0 Å². The van der Waals surface area contributed by atoms with Crippen LogP contribution >= 0.6 is 0 Å². The van der Waals surface area contributed by atoms with Gasteiger partial charge in [0.2, 0.25) is 5.91 Å². The van der Waals surface area contributed by atoms with Gasteiger partial charge in [-0.05, 0) is 43.1 Å². The van der Waals surface area contributed by atoms with Gasteiger partial charge in [-0.25, -0.2) is 9.59 Å². The molecule has 3 atom stereocenters. The molecule has 0 aliphatic carbocycles. The van der Waals surface area contributed by atoms with Gasteiger partial charge >= 0.3 is 12.1 Å². The van der Waals surface area contributed by atoms with Crippen molar-refractivity contribution in [3.63, 3.8) is 0 Å². The molecule has 1 N–H and O–H groups in total. The summed E-state index contributed by atoms with van der Waals surface area (Å²) in [5.41, 5.74) is -0.726. The average Bonchev–Trinajstić information content (AvgIpc) is 2.87. The fraction of sp³-hybridized carbons (Fsp3) is 0.516. The Labute approximate surface area is 240 Å². The largest absolute Gasteiger partial charge is 0.480 e. The molecule has 0 saturated carbocycles. The van der Waals surface area contributed by atoms with Crippen LogP contribution in [0.1, 0.15) is 55.4 Å². The summed E-state index contributed by atoms with van der Waals surface area (Å²) < 4.78 is 12.3. The summed E-state index contributed by atoms with van der Waals surface area (Å²) in [5.74, 6) is -2.19. The molecule has 0 heterocycles. The molecule has 9 heteroatoms. The van der Waals surface area contributed by atoms with Crippen LogP contribution in [0.5, 0.6) is 0 Å². The minimum absolute atomic E-state index is 0.123. The van der Waals surface area contributed by atoms with Crippen molar-refractivity contribution in [2.75, 3.05) is 20.7 Å². The Morgan fingerprint density at radius 1 is 0.825 bits per heavy atom. The number of carboxylic acids is 1. The van der Waals surface area contributed by atoms with Gasteiger partial charge in [-0.15, -0.1) is 0 Å². The molecule has 0 aliphatic heterocycles. The topological polar surface area (TPSA) is 96.4 Å². The average molecular weight is 571 g/mol. The van der Waals surface area contributed by atoms with Crippen molar-refractivity contribution in [1.29, 1.82) is 0 Å². The Hall–Kier alpha value is -3.17. The van der Waals surface area contributed by atoms with Gasteiger partial charge in [-0.1, -0.05) is 88.4 Å². The standard InChI is InChI=1S/C31H46N2O6Si/c1-22(26(28(35)36)33(10)27(34)23(2)32(9)29(37)39-30(3,4)5)21-38-40(31(6,7)8,24-17-13-11-14-18-24)25-19-15-12-16-20-25/h11-20,22-23,26H,21H2,1-10H3,(H,35,36)/t22-,23?,26+/m1/s1. The van der Waals surface area contributed by atoms with Gasteiger partial charge in [0.25, 0.3) is 8.32 Å². The van der Waals surface area contributed by atoms with E-state index in [2.05, 4.69) is 45.0 Å². The number of benzene rings is 2. The first-order chi connectivity index (χ1) is 18.4. The van der Waals surface area contributed by atoms with Gasteiger partial charge in [-0.2, -0.15) is 0 Å². The molecule has 0 aliphatic rings. The Morgan fingerprint density at radius 3 is 1.65 bits per heavy atom. The summed E-state index contributed by atoms with van der Waals surface area (Å²) in [7, 11) is 0.0283. The molecule has 0 aromatic heterocycles. The van der Waals surface area contributed by atoms with Crippen molar-refractivity contribution in [3.05, 3.63) is 60.7 Å². The molecule has 220 valence electrons. The lowest BCUT2D eigenvalue weighted by Gasteiger charge is -2.44. The summed E-state index contributed by atoms with van der Waals surface area (Å²) in [6, 6.07) is 18.1. The van der Waals surface area contributed by atoms with E-state index in [-0.39, 0.29) is 11.6 Å². The van der Waals surface area contributed by atoms with Crippen molar-refractivity contribution in [2.24, 2.45) is 5.92 Å². The minimum atomic E-state index is -2.90. The maximum absolute atomic E-state index is 13.4. The number of hydrogen-bond donors (Lipinski definition) is 1.